The lowest BCUT2D eigenvalue weighted by Crippen LogP contribution is -2.05. The van der Waals surface area contributed by atoms with Crippen LogP contribution in [0.15, 0.2) is 41.8 Å². The molecule has 1 aromatic heterocycles. The number of hydrogen-bond acceptors (Lipinski definition) is 4. The van der Waals surface area contributed by atoms with Crippen LogP contribution in [0.1, 0.15) is 16.8 Å². The normalized spacial score (nSPS) is 10.4. The summed E-state index contributed by atoms with van der Waals surface area (Å²) in [5.41, 5.74) is 0.198. The molecule has 2 rings (SSSR count). The van der Waals surface area contributed by atoms with Gasteiger partial charge >= 0.3 is 5.97 Å². The van der Waals surface area contributed by atoms with Gasteiger partial charge in [-0.1, -0.05) is 23.9 Å². The summed E-state index contributed by atoms with van der Waals surface area (Å²) >= 11 is 1.65. The monoisotopic (exact) mass is 292 g/mol. The van der Waals surface area contributed by atoms with Crippen molar-refractivity contribution in [2.45, 2.75) is 11.6 Å². The molecule has 0 aliphatic heterocycles. The third kappa shape index (κ3) is 3.77. The van der Waals surface area contributed by atoms with E-state index in [-0.39, 0.29) is 5.56 Å². The number of aromatic nitrogens is 2. The Labute approximate surface area is 121 Å². The fourth-order valence-corrected chi connectivity index (χ4v) is 2.51. The summed E-state index contributed by atoms with van der Waals surface area (Å²) in [6.45, 7) is 0.488. The number of aromatic carboxylic acids is 1. The number of para-hydroxylation sites is 1. The average molecular weight is 292 g/mol. The number of aryl methyl sites for hydroxylation is 1. The van der Waals surface area contributed by atoms with Crippen molar-refractivity contribution in [3.05, 3.63) is 42.2 Å². The molecule has 0 bridgehead atoms. The lowest BCUT2D eigenvalue weighted by atomic mass is 10.2. The van der Waals surface area contributed by atoms with Gasteiger partial charge in [0.2, 0.25) is 0 Å². The summed E-state index contributed by atoms with van der Waals surface area (Å²) in [7, 11) is 1.95. The Morgan fingerprint density at radius 1 is 1.45 bits per heavy atom. The van der Waals surface area contributed by atoms with Gasteiger partial charge in [-0.05, 0) is 18.6 Å². The molecule has 106 valence electrons. The zero-order chi connectivity index (χ0) is 14.4. The second kappa shape index (κ2) is 7.00. The average Bonchev–Trinajstić information content (AvgIpc) is 2.84. The van der Waals surface area contributed by atoms with Crippen LogP contribution in [0.2, 0.25) is 0 Å². The lowest BCUT2D eigenvalue weighted by Gasteiger charge is -2.08. The molecule has 0 radical (unpaired) electrons. The van der Waals surface area contributed by atoms with Crippen LogP contribution in [0.4, 0.5) is 0 Å². The smallest absolute Gasteiger partial charge is 0.339 e. The SMILES string of the molecule is Cn1ccnc1SCCCOc1ccccc1C(=O)O. The Morgan fingerprint density at radius 2 is 2.25 bits per heavy atom. The van der Waals surface area contributed by atoms with Crippen LogP contribution in [0.3, 0.4) is 0 Å². The minimum atomic E-state index is -0.969. The summed E-state index contributed by atoms with van der Waals surface area (Å²) < 4.78 is 7.49. The Hall–Kier alpha value is -1.95. The van der Waals surface area contributed by atoms with E-state index < -0.39 is 5.97 Å². The molecular formula is C14H16N2O3S. The minimum Gasteiger partial charge on any atom is -0.493 e. The van der Waals surface area contributed by atoms with Crippen molar-refractivity contribution >= 4 is 17.7 Å². The highest BCUT2D eigenvalue weighted by Gasteiger charge is 2.09. The van der Waals surface area contributed by atoms with Gasteiger partial charge in [0.15, 0.2) is 5.16 Å². The molecule has 1 N–H and O–H groups in total. The first kappa shape index (κ1) is 14.5. The molecule has 0 saturated carbocycles. The third-order valence-corrected chi connectivity index (χ3v) is 3.82. The topological polar surface area (TPSA) is 64.4 Å². The largest absolute Gasteiger partial charge is 0.493 e. The number of imidazole rings is 1. The van der Waals surface area contributed by atoms with E-state index >= 15 is 0 Å². The second-order valence-electron chi connectivity index (χ2n) is 4.17. The van der Waals surface area contributed by atoms with Gasteiger partial charge in [0.25, 0.3) is 0 Å². The zero-order valence-corrected chi connectivity index (χ0v) is 12.0. The van der Waals surface area contributed by atoms with Crippen molar-refractivity contribution in [3.8, 4) is 5.75 Å². The number of carbonyl (C=O) groups is 1. The van der Waals surface area contributed by atoms with E-state index in [1.165, 1.54) is 0 Å². The molecule has 0 saturated heterocycles. The molecular weight excluding hydrogens is 276 g/mol. The molecule has 2 aromatic rings. The molecule has 1 heterocycles. The van der Waals surface area contributed by atoms with Crippen LogP contribution in [0, 0.1) is 0 Å². The Bertz CT molecular complexity index is 583. The summed E-state index contributed by atoms with van der Waals surface area (Å²) in [6.07, 6.45) is 4.50. The molecule has 0 unspecified atom stereocenters. The van der Waals surface area contributed by atoms with Crippen LogP contribution >= 0.6 is 11.8 Å². The molecule has 20 heavy (non-hydrogen) atoms. The number of hydrogen-bond donors (Lipinski definition) is 1. The number of thioether (sulfide) groups is 1. The summed E-state index contributed by atoms with van der Waals surface area (Å²) in [5, 5.41) is 10.00. The van der Waals surface area contributed by atoms with Gasteiger partial charge in [-0.2, -0.15) is 0 Å². The van der Waals surface area contributed by atoms with Crippen LogP contribution in [-0.2, 0) is 7.05 Å². The van der Waals surface area contributed by atoms with Crippen LogP contribution < -0.4 is 4.74 Å². The zero-order valence-electron chi connectivity index (χ0n) is 11.2. The first-order valence-electron chi connectivity index (χ1n) is 6.23. The summed E-state index contributed by atoms with van der Waals surface area (Å²) in [6, 6.07) is 6.67. The van der Waals surface area contributed by atoms with Crippen molar-refractivity contribution in [2.75, 3.05) is 12.4 Å². The predicted molar refractivity (Wildman–Crippen MR) is 77.4 cm³/mol. The molecule has 5 nitrogen and oxygen atoms in total. The summed E-state index contributed by atoms with van der Waals surface area (Å²) in [4.78, 5) is 15.2. The van der Waals surface area contributed by atoms with E-state index in [0.717, 1.165) is 17.3 Å². The maximum Gasteiger partial charge on any atom is 0.339 e. The predicted octanol–water partition coefficient (Wildman–Crippen LogP) is 2.68. The fraction of sp³-hybridized carbons (Fsp3) is 0.286. The molecule has 6 heteroatoms. The Balaban J connectivity index is 1.76. The molecule has 0 spiro atoms. The van der Waals surface area contributed by atoms with Crippen molar-refractivity contribution < 1.29 is 14.6 Å². The van der Waals surface area contributed by atoms with Gasteiger partial charge in [0.1, 0.15) is 11.3 Å². The van der Waals surface area contributed by atoms with Crippen LogP contribution in [0.5, 0.6) is 5.75 Å². The van der Waals surface area contributed by atoms with Gasteiger partial charge in [-0.15, -0.1) is 0 Å². The lowest BCUT2D eigenvalue weighted by molar-refractivity contribution is 0.0692. The number of carboxylic acids is 1. The van der Waals surface area contributed by atoms with Gasteiger partial charge in [-0.3, -0.25) is 0 Å². The third-order valence-electron chi connectivity index (χ3n) is 2.67. The van der Waals surface area contributed by atoms with Crippen LogP contribution in [0.25, 0.3) is 0 Å². The molecule has 0 fully saturated rings. The highest BCUT2D eigenvalue weighted by molar-refractivity contribution is 7.99. The van der Waals surface area contributed by atoms with E-state index in [2.05, 4.69) is 4.98 Å². The molecule has 0 aliphatic rings. The maximum absolute atomic E-state index is 11.0. The number of carboxylic acid groups (broad SMARTS) is 1. The van der Waals surface area contributed by atoms with E-state index in [0.29, 0.717) is 12.4 Å². The van der Waals surface area contributed by atoms with Crippen molar-refractivity contribution in [2.24, 2.45) is 7.05 Å². The quantitative estimate of drug-likeness (QED) is 0.628. The van der Waals surface area contributed by atoms with E-state index in [1.807, 2.05) is 17.8 Å². The number of rotatable bonds is 7. The van der Waals surface area contributed by atoms with Gasteiger partial charge in [0.05, 0.1) is 6.61 Å². The second-order valence-corrected chi connectivity index (χ2v) is 5.23. The molecule has 0 amide bonds. The first-order chi connectivity index (χ1) is 9.68. The van der Waals surface area contributed by atoms with E-state index in [4.69, 9.17) is 9.84 Å². The highest BCUT2D eigenvalue weighted by atomic mass is 32.2. The highest BCUT2D eigenvalue weighted by Crippen LogP contribution is 2.19. The van der Waals surface area contributed by atoms with Crippen molar-refractivity contribution in [1.29, 1.82) is 0 Å². The van der Waals surface area contributed by atoms with E-state index in [9.17, 15) is 4.79 Å². The summed E-state index contributed by atoms with van der Waals surface area (Å²) in [5.74, 6) is 0.324. The van der Waals surface area contributed by atoms with Gasteiger partial charge in [-0.25, -0.2) is 9.78 Å². The maximum atomic E-state index is 11.0. The van der Waals surface area contributed by atoms with Crippen LogP contribution in [-0.4, -0.2) is 33.0 Å². The molecule has 1 aromatic carbocycles. The van der Waals surface area contributed by atoms with E-state index in [1.54, 1.807) is 42.2 Å². The first-order valence-corrected chi connectivity index (χ1v) is 7.22. The number of benzene rings is 1. The minimum absolute atomic E-state index is 0.198. The standard InChI is InChI=1S/C14H16N2O3S/c1-16-8-7-15-14(16)20-10-4-9-19-12-6-3-2-5-11(12)13(17)18/h2-3,5-8H,4,9-10H2,1H3,(H,17,18). The fourth-order valence-electron chi connectivity index (χ4n) is 1.66. The number of ether oxygens (including phenoxy) is 1. The molecule has 0 aliphatic carbocycles. The Morgan fingerprint density at radius 3 is 2.95 bits per heavy atom. The number of nitrogens with zero attached hydrogens (tertiary/aromatic N) is 2. The van der Waals surface area contributed by atoms with Gasteiger partial charge in [0, 0.05) is 25.2 Å². The van der Waals surface area contributed by atoms with Crippen molar-refractivity contribution in [1.82, 2.24) is 9.55 Å². The van der Waals surface area contributed by atoms with Crippen molar-refractivity contribution in [3.63, 3.8) is 0 Å². The molecule has 0 atom stereocenters. The van der Waals surface area contributed by atoms with Gasteiger partial charge < -0.3 is 14.4 Å². The Kier molecular flexibility index (Phi) is 5.06.